The number of hydrogen-bond donors (Lipinski definition) is 2. The van der Waals surface area contributed by atoms with Gasteiger partial charge in [-0.1, -0.05) is 30.3 Å². The van der Waals surface area contributed by atoms with E-state index in [1.165, 1.54) is 5.56 Å². The highest BCUT2D eigenvalue weighted by molar-refractivity contribution is 7.81. The predicted octanol–water partition coefficient (Wildman–Crippen LogP) is 2.95. The summed E-state index contributed by atoms with van der Waals surface area (Å²) in [6.07, 6.45) is 1.09. The lowest BCUT2D eigenvalue weighted by atomic mass is 10.1. The largest absolute Gasteiger partial charge is 0.315 e. The van der Waals surface area contributed by atoms with Gasteiger partial charge in [0, 0.05) is 11.3 Å². The van der Waals surface area contributed by atoms with Gasteiger partial charge in [-0.3, -0.25) is 0 Å². The maximum absolute atomic E-state index is 4.45. The van der Waals surface area contributed by atoms with Crippen LogP contribution in [0.25, 0.3) is 0 Å². The van der Waals surface area contributed by atoms with Crippen molar-refractivity contribution in [2.24, 2.45) is 0 Å². The van der Waals surface area contributed by atoms with Crippen molar-refractivity contribution in [3.8, 4) is 0 Å². The summed E-state index contributed by atoms with van der Waals surface area (Å²) in [6.45, 7) is 6.20. The molecule has 15 heavy (non-hydrogen) atoms. The van der Waals surface area contributed by atoms with E-state index in [2.05, 4.69) is 56.1 Å². The Labute approximate surface area is 104 Å². The molecule has 1 rings (SSSR count). The minimum Gasteiger partial charge on any atom is -0.315 e. The fourth-order valence-electron chi connectivity index (χ4n) is 1.27. The van der Waals surface area contributed by atoms with Crippen molar-refractivity contribution in [1.82, 2.24) is 5.32 Å². The van der Waals surface area contributed by atoms with E-state index in [9.17, 15) is 0 Å². The number of rotatable bonds is 5. The average Bonchev–Trinajstić information content (AvgIpc) is 2.13. The van der Waals surface area contributed by atoms with E-state index in [4.69, 9.17) is 0 Å². The van der Waals surface area contributed by atoms with Crippen LogP contribution in [0.3, 0.4) is 0 Å². The topological polar surface area (TPSA) is 12.0 Å². The van der Waals surface area contributed by atoms with E-state index in [-0.39, 0.29) is 17.2 Å². The number of hydrogen-bond acceptors (Lipinski definition) is 2. The normalized spacial score (nSPS) is 10.9. The lowest BCUT2D eigenvalue weighted by Crippen LogP contribution is -2.31. The van der Waals surface area contributed by atoms with Gasteiger partial charge in [0.2, 0.25) is 0 Å². The molecule has 0 fully saturated rings. The predicted molar refractivity (Wildman–Crippen MR) is 73.3 cm³/mol. The Balaban J connectivity index is 0.00000196. The fourth-order valence-corrected chi connectivity index (χ4v) is 1.38. The second-order valence-electron chi connectivity index (χ2n) is 4.22. The van der Waals surface area contributed by atoms with Crippen LogP contribution >= 0.6 is 25.0 Å². The zero-order chi connectivity index (χ0) is 10.4. The molecule has 0 heterocycles. The summed E-state index contributed by atoms with van der Waals surface area (Å²) in [6, 6.07) is 10.5. The van der Waals surface area contributed by atoms with Crippen molar-refractivity contribution in [2.75, 3.05) is 13.1 Å². The summed E-state index contributed by atoms with van der Waals surface area (Å²) in [5.41, 5.74) is 1.39. The molecule has 0 aliphatic heterocycles. The van der Waals surface area contributed by atoms with Gasteiger partial charge in [0.15, 0.2) is 0 Å². The third-order valence-corrected chi connectivity index (χ3v) is 2.15. The van der Waals surface area contributed by atoms with Gasteiger partial charge in [-0.05, 0) is 32.4 Å². The van der Waals surface area contributed by atoms with Gasteiger partial charge in [-0.15, -0.1) is 12.4 Å². The highest BCUT2D eigenvalue weighted by Gasteiger charge is 2.09. The van der Waals surface area contributed by atoms with E-state index in [1.54, 1.807) is 0 Å². The van der Waals surface area contributed by atoms with Crippen molar-refractivity contribution >= 4 is 25.0 Å². The van der Waals surface area contributed by atoms with Crippen LogP contribution in [0.15, 0.2) is 30.3 Å². The standard InChI is InChI=1S/C12H19NS.ClH/c1-12(2,14)10-13-9-8-11-6-4-3-5-7-11;/h3-7,13-14H,8-10H2,1-2H3;1H. The summed E-state index contributed by atoms with van der Waals surface area (Å²) in [5.74, 6) is 0. The Morgan fingerprint density at radius 1 is 1.20 bits per heavy atom. The van der Waals surface area contributed by atoms with Gasteiger partial charge >= 0.3 is 0 Å². The molecule has 0 aliphatic carbocycles. The molecule has 1 aromatic rings. The number of halogens is 1. The van der Waals surface area contributed by atoms with Gasteiger partial charge in [-0.2, -0.15) is 12.6 Å². The molecule has 0 amide bonds. The molecule has 0 spiro atoms. The number of benzene rings is 1. The second kappa shape index (κ2) is 7.15. The van der Waals surface area contributed by atoms with Gasteiger partial charge in [-0.25, -0.2) is 0 Å². The molecule has 3 heteroatoms. The molecule has 0 atom stereocenters. The minimum atomic E-state index is 0. The highest BCUT2D eigenvalue weighted by Crippen LogP contribution is 2.09. The van der Waals surface area contributed by atoms with Crippen LogP contribution in [0, 0.1) is 0 Å². The first kappa shape index (κ1) is 14.8. The maximum Gasteiger partial charge on any atom is 0.0198 e. The summed E-state index contributed by atoms with van der Waals surface area (Å²) < 4.78 is 0.0800. The molecule has 86 valence electrons. The van der Waals surface area contributed by atoms with Crippen molar-refractivity contribution < 1.29 is 0 Å². The third-order valence-electron chi connectivity index (χ3n) is 1.99. The zero-order valence-corrected chi connectivity index (χ0v) is 11.1. The first-order valence-electron chi connectivity index (χ1n) is 5.05. The smallest absolute Gasteiger partial charge is 0.0198 e. The Bertz CT molecular complexity index is 256. The van der Waals surface area contributed by atoms with E-state index < -0.39 is 0 Å². The van der Waals surface area contributed by atoms with E-state index in [0.29, 0.717) is 0 Å². The Morgan fingerprint density at radius 2 is 1.80 bits per heavy atom. The van der Waals surface area contributed by atoms with Crippen LogP contribution < -0.4 is 5.32 Å². The van der Waals surface area contributed by atoms with Crippen molar-refractivity contribution in [2.45, 2.75) is 25.0 Å². The SMILES string of the molecule is CC(C)(S)CNCCc1ccccc1.Cl. The van der Waals surface area contributed by atoms with Gasteiger partial charge in [0.05, 0.1) is 0 Å². The monoisotopic (exact) mass is 245 g/mol. The van der Waals surface area contributed by atoms with Crippen molar-refractivity contribution in [3.63, 3.8) is 0 Å². The molecule has 0 saturated carbocycles. The molecule has 0 aliphatic rings. The Morgan fingerprint density at radius 3 is 2.33 bits per heavy atom. The van der Waals surface area contributed by atoms with Gasteiger partial charge in [0.1, 0.15) is 0 Å². The first-order valence-corrected chi connectivity index (χ1v) is 5.50. The number of thiol groups is 1. The van der Waals surface area contributed by atoms with Crippen LogP contribution in [0.1, 0.15) is 19.4 Å². The van der Waals surface area contributed by atoms with Crippen molar-refractivity contribution in [3.05, 3.63) is 35.9 Å². The molecule has 0 unspecified atom stereocenters. The molecular formula is C12H20ClNS. The van der Waals surface area contributed by atoms with Crippen LogP contribution in [-0.4, -0.2) is 17.8 Å². The molecule has 0 radical (unpaired) electrons. The minimum absolute atomic E-state index is 0. The summed E-state index contributed by atoms with van der Waals surface area (Å²) in [5, 5.41) is 3.40. The summed E-state index contributed by atoms with van der Waals surface area (Å²) >= 11 is 4.45. The Hall–Kier alpha value is -0.180. The van der Waals surface area contributed by atoms with Crippen molar-refractivity contribution in [1.29, 1.82) is 0 Å². The van der Waals surface area contributed by atoms with Gasteiger partial charge in [0.25, 0.3) is 0 Å². The first-order chi connectivity index (χ1) is 6.58. The van der Waals surface area contributed by atoms with Gasteiger partial charge < -0.3 is 5.32 Å². The van der Waals surface area contributed by atoms with Crippen LogP contribution in [0.4, 0.5) is 0 Å². The summed E-state index contributed by atoms with van der Waals surface area (Å²) in [4.78, 5) is 0. The molecule has 1 nitrogen and oxygen atoms in total. The lowest BCUT2D eigenvalue weighted by molar-refractivity contribution is 0.594. The van der Waals surface area contributed by atoms with Crippen LogP contribution in [-0.2, 0) is 6.42 Å². The molecular weight excluding hydrogens is 226 g/mol. The maximum atomic E-state index is 4.45. The van der Waals surface area contributed by atoms with Crippen LogP contribution in [0.5, 0.6) is 0 Å². The molecule has 0 bridgehead atoms. The average molecular weight is 246 g/mol. The van der Waals surface area contributed by atoms with Crippen LogP contribution in [0.2, 0.25) is 0 Å². The number of nitrogens with one attached hydrogen (secondary N) is 1. The molecule has 0 saturated heterocycles. The fraction of sp³-hybridized carbons (Fsp3) is 0.500. The van der Waals surface area contributed by atoms with E-state index in [1.807, 2.05) is 6.07 Å². The summed E-state index contributed by atoms with van der Waals surface area (Å²) in [7, 11) is 0. The Kier molecular flexibility index (Phi) is 7.07. The van der Waals surface area contributed by atoms with E-state index in [0.717, 1.165) is 19.5 Å². The molecule has 0 aromatic heterocycles. The third kappa shape index (κ3) is 7.71. The molecule has 1 aromatic carbocycles. The highest BCUT2D eigenvalue weighted by atomic mass is 35.5. The zero-order valence-electron chi connectivity index (χ0n) is 9.36. The lowest BCUT2D eigenvalue weighted by Gasteiger charge is -2.17. The van der Waals surface area contributed by atoms with E-state index >= 15 is 0 Å². The molecule has 1 N–H and O–H groups in total. The quantitative estimate of drug-likeness (QED) is 0.601. The second-order valence-corrected chi connectivity index (χ2v) is 5.44.